The summed E-state index contributed by atoms with van der Waals surface area (Å²) in [5.74, 6) is -0.882. The molecule has 0 aliphatic heterocycles. The maximum atomic E-state index is 11.5. The maximum Gasteiger partial charge on any atom is 0.371 e. The second-order valence-electron chi connectivity index (χ2n) is 3.69. The fourth-order valence-electron chi connectivity index (χ4n) is 1.40. The average molecular weight is 280 g/mol. The number of urea groups is 1. The number of thiophene rings is 1. The molecule has 0 bridgehead atoms. The van der Waals surface area contributed by atoms with Gasteiger partial charge in [-0.3, -0.25) is 0 Å². The molecule has 0 aromatic carbocycles. The molecule has 2 heterocycles. The fraction of sp³-hybridized carbons (Fsp3) is 0.167. The van der Waals surface area contributed by atoms with Gasteiger partial charge in [0.05, 0.1) is 13.1 Å². The Labute approximate surface area is 113 Å². The molecule has 2 rings (SSSR count). The van der Waals surface area contributed by atoms with Crippen LogP contribution in [0.3, 0.4) is 0 Å². The molecular weight excluding hydrogens is 268 g/mol. The summed E-state index contributed by atoms with van der Waals surface area (Å²) in [6.45, 7) is 0.603. The highest BCUT2D eigenvalue weighted by Crippen LogP contribution is 2.08. The predicted octanol–water partition coefficient (Wildman–Crippen LogP) is 2.04. The molecule has 0 radical (unpaired) electrons. The summed E-state index contributed by atoms with van der Waals surface area (Å²) in [6.07, 6.45) is 0. The van der Waals surface area contributed by atoms with Crippen LogP contribution >= 0.6 is 11.3 Å². The minimum absolute atomic E-state index is 0.142. The van der Waals surface area contributed by atoms with E-state index in [0.717, 1.165) is 4.88 Å². The summed E-state index contributed by atoms with van der Waals surface area (Å²) in [5, 5.41) is 15.9. The number of furan rings is 1. The third kappa shape index (κ3) is 3.85. The summed E-state index contributed by atoms with van der Waals surface area (Å²) >= 11 is 1.56. The molecule has 0 saturated heterocycles. The molecule has 0 spiro atoms. The SMILES string of the molecule is O=C(NCc1ccc(C(=O)O)o1)NCc1cccs1. The van der Waals surface area contributed by atoms with Gasteiger partial charge in [-0.1, -0.05) is 6.07 Å². The minimum atomic E-state index is -1.13. The van der Waals surface area contributed by atoms with Crippen molar-refractivity contribution in [2.24, 2.45) is 0 Å². The first kappa shape index (κ1) is 13.2. The maximum absolute atomic E-state index is 11.5. The first-order chi connectivity index (χ1) is 9.15. The van der Waals surface area contributed by atoms with E-state index in [9.17, 15) is 9.59 Å². The van der Waals surface area contributed by atoms with Crippen LogP contribution in [0.15, 0.2) is 34.1 Å². The summed E-state index contributed by atoms with van der Waals surface area (Å²) < 4.78 is 5.01. The Morgan fingerprint density at radius 1 is 1.21 bits per heavy atom. The first-order valence-electron chi connectivity index (χ1n) is 5.51. The van der Waals surface area contributed by atoms with Crippen LogP contribution in [0.5, 0.6) is 0 Å². The van der Waals surface area contributed by atoms with E-state index < -0.39 is 5.97 Å². The molecule has 6 nitrogen and oxygen atoms in total. The van der Waals surface area contributed by atoms with Crippen LogP contribution in [0.25, 0.3) is 0 Å². The number of nitrogens with one attached hydrogen (secondary N) is 2. The Bertz CT molecular complexity index is 562. The van der Waals surface area contributed by atoms with Gasteiger partial charge in [0.25, 0.3) is 0 Å². The summed E-state index contributed by atoms with van der Waals surface area (Å²) in [4.78, 5) is 23.1. The fourth-order valence-corrected chi connectivity index (χ4v) is 2.04. The molecule has 0 saturated carbocycles. The summed E-state index contributed by atoms with van der Waals surface area (Å²) in [5.41, 5.74) is 0. The number of aromatic carboxylic acids is 1. The van der Waals surface area contributed by atoms with Gasteiger partial charge in [-0.05, 0) is 23.6 Å². The molecule has 0 aliphatic carbocycles. The molecule has 2 aromatic heterocycles. The van der Waals surface area contributed by atoms with E-state index in [-0.39, 0.29) is 18.3 Å². The Morgan fingerprint density at radius 3 is 2.63 bits per heavy atom. The number of rotatable bonds is 5. The normalized spacial score (nSPS) is 10.1. The van der Waals surface area contributed by atoms with E-state index in [1.807, 2.05) is 17.5 Å². The molecule has 7 heteroatoms. The van der Waals surface area contributed by atoms with E-state index in [2.05, 4.69) is 10.6 Å². The van der Waals surface area contributed by atoms with Gasteiger partial charge in [0.1, 0.15) is 5.76 Å². The van der Waals surface area contributed by atoms with Crippen LogP contribution in [-0.4, -0.2) is 17.1 Å². The highest BCUT2D eigenvalue weighted by atomic mass is 32.1. The van der Waals surface area contributed by atoms with Crippen LogP contribution < -0.4 is 10.6 Å². The van der Waals surface area contributed by atoms with Crippen molar-refractivity contribution in [3.63, 3.8) is 0 Å². The highest BCUT2D eigenvalue weighted by Gasteiger charge is 2.09. The number of hydrogen-bond donors (Lipinski definition) is 3. The van der Waals surface area contributed by atoms with Gasteiger partial charge in [0, 0.05) is 4.88 Å². The van der Waals surface area contributed by atoms with E-state index in [1.54, 1.807) is 11.3 Å². The molecule has 3 N–H and O–H groups in total. The smallest absolute Gasteiger partial charge is 0.371 e. The number of carbonyl (C=O) groups is 2. The van der Waals surface area contributed by atoms with E-state index in [0.29, 0.717) is 12.3 Å². The van der Waals surface area contributed by atoms with E-state index in [1.165, 1.54) is 12.1 Å². The van der Waals surface area contributed by atoms with Gasteiger partial charge in [-0.2, -0.15) is 0 Å². The number of carboxylic acids is 1. The van der Waals surface area contributed by atoms with Crippen LogP contribution in [0, 0.1) is 0 Å². The van der Waals surface area contributed by atoms with Gasteiger partial charge in [-0.25, -0.2) is 9.59 Å². The third-order valence-electron chi connectivity index (χ3n) is 2.30. The second kappa shape index (κ2) is 6.05. The zero-order valence-corrected chi connectivity index (χ0v) is 10.7. The molecule has 0 atom stereocenters. The Hall–Kier alpha value is -2.28. The molecule has 2 amide bonds. The van der Waals surface area contributed by atoms with E-state index in [4.69, 9.17) is 9.52 Å². The first-order valence-corrected chi connectivity index (χ1v) is 6.39. The van der Waals surface area contributed by atoms with Gasteiger partial charge in [-0.15, -0.1) is 11.3 Å². The quantitative estimate of drug-likeness (QED) is 0.781. The molecule has 0 fully saturated rings. The number of hydrogen-bond acceptors (Lipinski definition) is 4. The molecule has 100 valence electrons. The molecule has 0 aliphatic rings. The van der Waals surface area contributed by atoms with Crippen molar-refractivity contribution in [2.45, 2.75) is 13.1 Å². The van der Waals surface area contributed by atoms with Gasteiger partial charge < -0.3 is 20.2 Å². The molecule has 0 unspecified atom stereocenters. The lowest BCUT2D eigenvalue weighted by Crippen LogP contribution is -2.34. The van der Waals surface area contributed by atoms with Crippen molar-refractivity contribution in [1.29, 1.82) is 0 Å². The number of carboxylic acid groups (broad SMARTS) is 1. The highest BCUT2D eigenvalue weighted by molar-refractivity contribution is 7.09. The van der Waals surface area contributed by atoms with Crippen LogP contribution in [0.2, 0.25) is 0 Å². The zero-order chi connectivity index (χ0) is 13.7. The average Bonchev–Trinajstić information content (AvgIpc) is 3.05. The van der Waals surface area contributed by atoms with Gasteiger partial charge in [0.2, 0.25) is 5.76 Å². The van der Waals surface area contributed by atoms with Gasteiger partial charge >= 0.3 is 12.0 Å². The van der Waals surface area contributed by atoms with Gasteiger partial charge in [0.15, 0.2) is 0 Å². The standard InChI is InChI=1S/C12H12N2O4S/c15-11(16)10-4-3-8(18-10)6-13-12(17)14-7-9-2-1-5-19-9/h1-5H,6-7H2,(H,15,16)(H2,13,14,17). The largest absolute Gasteiger partial charge is 0.475 e. The van der Waals surface area contributed by atoms with Crippen molar-refractivity contribution in [1.82, 2.24) is 10.6 Å². The Kier molecular flexibility index (Phi) is 4.19. The lowest BCUT2D eigenvalue weighted by Gasteiger charge is -2.04. The lowest BCUT2D eigenvalue weighted by atomic mass is 10.4. The van der Waals surface area contributed by atoms with Crippen molar-refractivity contribution >= 4 is 23.3 Å². The predicted molar refractivity (Wildman–Crippen MR) is 69.1 cm³/mol. The van der Waals surface area contributed by atoms with Crippen LogP contribution in [-0.2, 0) is 13.1 Å². The summed E-state index contributed by atoms with van der Waals surface area (Å²) in [6, 6.07) is 6.37. The Morgan fingerprint density at radius 2 is 2.00 bits per heavy atom. The molecule has 2 aromatic rings. The summed E-state index contributed by atoms with van der Waals surface area (Å²) in [7, 11) is 0. The Balaban J connectivity index is 1.75. The monoisotopic (exact) mass is 280 g/mol. The minimum Gasteiger partial charge on any atom is -0.475 e. The zero-order valence-electron chi connectivity index (χ0n) is 9.88. The second-order valence-corrected chi connectivity index (χ2v) is 4.72. The van der Waals surface area contributed by atoms with E-state index >= 15 is 0 Å². The lowest BCUT2D eigenvalue weighted by molar-refractivity contribution is 0.0660. The molecular formula is C12H12N2O4S. The van der Waals surface area contributed by atoms with Crippen LogP contribution in [0.4, 0.5) is 4.79 Å². The van der Waals surface area contributed by atoms with Crippen molar-refractivity contribution < 1.29 is 19.1 Å². The van der Waals surface area contributed by atoms with Crippen molar-refractivity contribution in [3.05, 3.63) is 46.0 Å². The number of carbonyl (C=O) groups excluding carboxylic acids is 1. The topological polar surface area (TPSA) is 91.6 Å². The third-order valence-corrected chi connectivity index (χ3v) is 3.18. The van der Waals surface area contributed by atoms with Crippen molar-refractivity contribution in [2.75, 3.05) is 0 Å². The van der Waals surface area contributed by atoms with Crippen molar-refractivity contribution in [3.8, 4) is 0 Å². The number of amides is 2. The molecule has 19 heavy (non-hydrogen) atoms. The van der Waals surface area contributed by atoms with Crippen LogP contribution in [0.1, 0.15) is 21.2 Å².